The van der Waals surface area contributed by atoms with Crippen molar-refractivity contribution in [2.45, 2.75) is 57.3 Å². The summed E-state index contributed by atoms with van der Waals surface area (Å²) in [6, 6.07) is 11.3. The molecule has 2 aromatic carbocycles. The SMILES string of the molecule is CCCC#Cc1ccc2c(c1)C1(CCN(CCOc3ccc4c(c3)CCC(=O)N4CC(F)F)CC1)C(=O)N2. The van der Waals surface area contributed by atoms with E-state index >= 15 is 0 Å². The Bertz CT molecular complexity index is 1280. The number of carbonyl (C=O) groups excluding carboxylic acids is 2. The van der Waals surface area contributed by atoms with Crippen molar-refractivity contribution in [3.8, 4) is 17.6 Å². The number of fused-ring (bicyclic) bond motifs is 3. The van der Waals surface area contributed by atoms with E-state index in [0.29, 0.717) is 24.5 Å². The normalized spacial score (nSPS) is 18.2. The third-order valence-corrected chi connectivity index (χ3v) is 7.78. The summed E-state index contributed by atoms with van der Waals surface area (Å²) in [6.07, 6.45) is 1.54. The molecule has 3 heterocycles. The lowest BCUT2D eigenvalue weighted by atomic mass is 9.73. The zero-order valence-electron chi connectivity index (χ0n) is 21.7. The largest absolute Gasteiger partial charge is 0.492 e. The standard InChI is InChI=1S/C30H33F2N3O3/c1-2-3-4-5-21-6-9-25-24(18-21)30(29(37)33-25)12-14-34(15-13-30)16-17-38-23-8-10-26-22(19-23)7-11-28(36)35(26)20-27(31)32/h6,8-10,18-19,27H,2-3,7,11-17,20H2,1H3,(H,33,37). The van der Waals surface area contributed by atoms with E-state index in [1.165, 1.54) is 4.90 Å². The van der Waals surface area contributed by atoms with Crippen molar-refractivity contribution >= 4 is 23.2 Å². The molecule has 2 aromatic rings. The van der Waals surface area contributed by atoms with Gasteiger partial charge in [-0.15, -0.1) is 0 Å². The smallest absolute Gasteiger partial charge is 0.256 e. The lowest BCUT2D eigenvalue weighted by molar-refractivity contribution is -0.122. The average molecular weight is 522 g/mol. The van der Waals surface area contributed by atoms with E-state index in [-0.39, 0.29) is 18.2 Å². The summed E-state index contributed by atoms with van der Waals surface area (Å²) < 4.78 is 31.8. The predicted octanol–water partition coefficient (Wildman–Crippen LogP) is 4.75. The van der Waals surface area contributed by atoms with Crippen molar-refractivity contribution in [1.82, 2.24) is 4.90 Å². The van der Waals surface area contributed by atoms with Crippen molar-refractivity contribution in [1.29, 1.82) is 0 Å². The van der Waals surface area contributed by atoms with Crippen molar-refractivity contribution in [2.24, 2.45) is 0 Å². The van der Waals surface area contributed by atoms with Gasteiger partial charge in [0.15, 0.2) is 0 Å². The van der Waals surface area contributed by atoms with Gasteiger partial charge >= 0.3 is 0 Å². The summed E-state index contributed by atoms with van der Waals surface area (Å²) in [4.78, 5) is 28.6. The first-order valence-electron chi connectivity index (χ1n) is 13.4. The van der Waals surface area contributed by atoms with Crippen LogP contribution in [0.4, 0.5) is 20.2 Å². The van der Waals surface area contributed by atoms with E-state index in [4.69, 9.17) is 4.74 Å². The number of nitrogens with zero attached hydrogens (tertiary/aromatic N) is 2. The number of aryl methyl sites for hydroxylation is 1. The zero-order chi connectivity index (χ0) is 26.7. The lowest BCUT2D eigenvalue weighted by Crippen LogP contribution is -2.47. The molecule has 0 bridgehead atoms. The molecule has 2 amide bonds. The van der Waals surface area contributed by atoms with E-state index in [9.17, 15) is 18.4 Å². The number of anilines is 2. The van der Waals surface area contributed by atoms with Crippen LogP contribution in [0.5, 0.6) is 5.75 Å². The van der Waals surface area contributed by atoms with Gasteiger partial charge in [-0.2, -0.15) is 0 Å². The van der Waals surface area contributed by atoms with Crippen LogP contribution in [0.3, 0.4) is 0 Å². The van der Waals surface area contributed by atoms with E-state index < -0.39 is 18.4 Å². The van der Waals surface area contributed by atoms with Crippen LogP contribution in [0.25, 0.3) is 0 Å². The molecule has 38 heavy (non-hydrogen) atoms. The molecule has 0 unspecified atom stereocenters. The fourth-order valence-electron chi connectivity index (χ4n) is 5.69. The van der Waals surface area contributed by atoms with E-state index in [1.807, 2.05) is 18.2 Å². The summed E-state index contributed by atoms with van der Waals surface area (Å²) in [6.45, 7) is 4.30. The number of carbonyl (C=O) groups is 2. The minimum atomic E-state index is -2.57. The highest BCUT2D eigenvalue weighted by atomic mass is 19.3. The van der Waals surface area contributed by atoms with Gasteiger partial charge in [0.05, 0.1) is 12.0 Å². The molecule has 6 nitrogen and oxygen atoms in total. The Balaban J connectivity index is 1.17. The number of hydrogen-bond acceptors (Lipinski definition) is 4. The molecule has 3 aliphatic rings. The van der Waals surface area contributed by atoms with Crippen LogP contribution in [0.2, 0.25) is 0 Å². The molecular weight excluding hydrogens is 488 g/mol. The number of rotatable bonds is 7. The quantitative estimate of drug-likeness (QED) is 0.535. The molecule has 200 valence electrons. The Morgan fingerprint density at radius 2 is 1.92 bits per heavy atom. The van der Waals surface area contributed by atoms with E-state index in [1.54, 1.807) is 12.1 Å². The first-order chi connectivity index (χ1) is 18.4. The fraction of sp³-hybridized carbons (Fsp3) is 0.467. The molecule has 1 saturated heterocycles. The Morgan fingerprint density at radius 1 is 1.11 bits per heavy atom. The van der Waals surface area contributed by atoms with Crippen LogP contribution >= 0.6 is 0 Å². The van der Waals surface area contributed by atoms with Gasteiger partial charge in [-0.1, -0.05) is 18.8 Å². The zero-order valence-corrected chi connectivity index (χ0v) is 21.7. The molecular formula is C30H33F2N3O3. The fourth-order valence-corrected chi connectivity index (χ4v) is 5.69. The van der Waals surface area contributed by atoms with Crippen LogP contribution in [0.15, 0.2) is 36.4 Å². The Morgan fingerprint density at radius 3 is 2.68 bits per heavy atom. The lowest BCUT2D eigenvalue weighted by Gasteiger charge is -2.38. The van der Waals surface area contributed by atoms with Gasteiger partial charge in [0.25, 0.3) is 6.43 Å². The van der Waals surface area contributed by atoms with Crippen molar-refractivity contribution in [2.75, 3.05) is 43.0 Å². The predicted molar refractivity (Wildman–Crippen MR) is 143 cm³/mol. The first-order valence-corrected chi connectivity index (χ1v) is 13.4. The highest BCUT2D eigenvalue weighted by Crippen LogP contribution is 2.45. The number of piperidine rings is 1. The van der Waals surface area contributed by atoms with Crippen LogP contribution < -0.4 is 15.0 Å². The molecule has 0 radical (unpaired) electrons. The maximum absolute atomic E-state index is 13.0. The maximum atomic E-state index is 13.0. The van der Waals surface area contributed by atoms with Crippen molar-refractivity contribution < 1.29 is 23.1 Å². The monoisotopic (exact) mass is 521 g/mol. The Kier molecular flexibility index (Phi) is 7.66. The number of benzene rings is 2. The molecule has 0 atom stereocenters. The molecule has 5 rings (SSSR count). The summed E-state index contributed by atoms with van der Waals surface area (Å²) in [5.41, 5.74) is 3.81. The van der Waals surface area contributed by atoms with Crippen molar-refractivity contribution in [3.05, 3.63) is 53.1 Å². The minimum Gasteiger partial charge on any atom is -0.492 e. The van der Waals surface area contributed by atoms with Gasteiger partial charge < -0.3 is 15.0 Å². The molecule has 8 heteroatoms. The van der Waals surface area contributed by atoms with Crippen LogP contribution in [0.1, 0.15) is 55.7 Å². The number of amides is 2. The molecule has 0 aliphatic carbocycles. The number of unbranched alkanes of at least 4 members (excludes halogenated alkanes) is 1. The Labute approximate surface area is 222 Å². The average Bonchev–Trinajstić information content (AvgIpc) is 3.17. The first kappa shape index (κ1) is 26.2. The molecule has 0 saturated carbocycles. The van der Waals surface area contributed by atoms with Gasteiger partial charge in [-0.3, -0.25) is 14.5 Å². The summed E-state index contributed by atoms with van der Waals surface area (Å²) >= 11 is 0. The third-order valence-electron chi connectivity index (χ3n) is 7.78. The maximum Gasteiger partial charge on any atom is 0.256 e. The molecule has 1 fully saturated rings. The van der Waals surface area contributed by atoms with Gasteiger partial charge in [0.2, 0.25) is 11.8 Å². The van der Waals surface area contributed by atoms with Crippen molar-refractivity contribution in [3.63, 3.8) is 0 Å². The van der Waals surface area contributed by atoms with Crippen LogP contribution in [0, 0.1) is 11.8 Å². The summed E-state index contributed by atoms with van der Waals surface area (Å²) in [5.74, 6) is 6.90. The third kappa shape index (κ3) is 5.25. The summed E-state index contributed by atoms with van der Waals surface area (Å²) in [5, 5.41) is 3.08. The number of hydrogen-bond donors (Lipinski definition) is 1. The van der Waals surface area contributed by atoms with Gasteiger partial charge in [0.1, 0.15) is 12.4 Å². The molecule has 1 N–H and O–H groups in total. The number of ether oxygens (including phenoxy) is 1. The minimum absolute atomic E-state index is 0.0792. The van der Waals surface area contributed by atoms with Crippen LogP contribution in [-0.2, 0) is 21.4 Å². The van der Waals surface area contributed by atoms with Gasteiger partial charge in [0, 0.05) is 36.3 Å². The van der Waals surface area contributed by atoms with Gasteiger partial charge in [-0.25, -0.2) is 8.78 Å². The second-order valence-electron chi connectivity index (χ2n) is 10.2. The molecule has 1 spiro atoms. The number of likely N-dealkylation sites (tertiary alicyclic amines) is 1. The Hall–Kier alpha value is -3.44. The molecule has 0 aromatic heterocycles. The highest BCUT2D eigenvalue weighted by Gasteiger charge is 2.48. The van der Waals surface area contributed by atoms with Gasteiger partial charge in [-0.05, 0) is 86.3 Å². The number of nitrogens with one attached hydrogen (secondary N) is 1. The second-order valence-corrected chi connectivity index (χ2v) is 10.2. The van der Waals surface area contributed by atoms with E-state index in [0.717, 1.165) is 67.7 Å². The number of alkyl halides is 2. The topological polar surface area (TPSA) is 61.9 Å². The number of halogens is 2. The second kappa shape index (κ2) is 11.1. The van der Waals surface area contributed by atoms with E-state index in [2.05, 4.69) is 35.0 Å². The van der Waals surface area contributed by atoms with Crippen LogP contribution in [-0.4, -0.2) is 55.9 Å². The molecule has 3 aliphatic heterocycles. The highest BCUT2D eigenvalue weighted by molar-refractivity contribution is 6.06. The summed E-state index contributed by atoms with van der Waals surface area (Å²) in [7, 11) is 0.